The maximum atomic E-state index is 5.84. The Balaban J connectivity index is 3.87. The van der Waals surface area contributed by atoms with Gasteiger partial charge in [-0.15, -0.1) is 13.2 Å². The minimum atomic E-state index is 0.256. The molecule has 0 spiro atoms. The molecule has 0 radical (unpaired) electrons. The lowest BCUT2D eigenvalue weighted by molar-refractivity contribution is -0.0140. The van der Waals surface area contributed by atoms with Crippen molar-refractivity contribution in [2.75, 3.05) is 19.8 Å². The summed E-state index contributed by atoms with van der Waals surface area (Å²) >= 11 is 0. The second kappa shape index (κ2) is 11.9. The molecule has 0 rings (SSSR count). The molecule has 2 unspecified atom stereocenters. The van der Waals surface area contributed by atoms with Crippen molar-refractivity contribution in [3.8, 4) is 0 Å². The fourth-order valence-electron chi connectivity index (χ4n) is 1.69. The van der Waals surface area contributed by atoms with E-state index < -0.39 is 0 Å². The molecule has 17 heavy (non-hydrogen) atoms. The van der Waals surface area contributed by atoms with Crippen molar-refractivity contribution in [1.29, 1.82) is 0 Å². The highest BCUT2D eigenvalue weighted by molar-refractivity contribution is 4.73. The molecule has 0 aliphatic carbocycles. The maximum Gasteiger partial charge on any atom is 0.0597 e. The van der Waals surface area contributed by atoms with Crippen molar-refractivity contribution in [3.63, 3.8) is 0 Å². The second-order valence-corrected chi connectivity index (χ2v) is 4.29. The van der Waals surface area contributed by atoms with Crippen molar-refractivity contribution in [3.05, 3.63) is 25.3 Å². The Labute approximate surface area is 107 Å². The summed E-state index contributed by atoms with van der Waals surface area (Å²) in [6, 6.07) is 0. The van der Waals surface area contributed by atoms with Gasteiger partial charge in [0.25, 0.3) is 0 Å². The number of hydrogen-bond acceptors (Lipinski definition) is 2. The number of allylic oxidation sites excluding steroid dienone is 2. The van der Waals surface area contributed by atoms with Crippen LogP contribution in [0.4, 0.5) is 0 Å². The molecule has 0 heterocycles. The lowest BCUT2D eigenvalue weighted by atomic mass is 9.98. The first-order valence-electron chi connectivity index (χ1n) is 6.67. The van der Waals surface area contributed by atoms with Crippen LogP contribution in [0.3, 0.4) is 0 Å². The molecule has 0 bridgehead atoms. The quantitative estimate of drug-likeness (QED) is 0.379. The molecule has 0 aromatic rings. The number of unbranched alkanes of at least 4 members (excludes halogenated alkanes) is 1. The van der Waals surface area contributed by atoms with Crippen molar-refractivity contribution in [2.45, 2.75) is 45.6 Å². The fourth-order valence-corrected chi connectivity index (χ4v) is 1.69. The van der Waals surface area contributed by atoms with Crippen LogP contribution < -0.4 is 0 Å². The van der Waals surface area contributed by atoms with Gasteiger partial charge in [-0.3, -0.25) is 0 Å². The van der Waals surface area contributed by atoms with E-state index in [0.29, 0.717) is 5.92 Å². The molecule has 100 valence electrons. The molecule has 0 aromatic carbocycles. The number of rotatable bonds is 12. The van der Waals surface area contributed by atoms with Crippen LogP contribution in [0.1, 0.15) is 39.5 Å². The Morgan fingerprint density at radius 3 is 2.47 bits per heavy atom. The fraction of sp³-hybridized carbons (Fsp3) is 0.733. The SMILES string of the molecule is C=CCCCOC(C)C(CCC=C)COCC. The molecule has 2 heteroatoms. The van der Waals surface area contributed by atoms with Crippen LogP contribution in [0.15, 0.2) is 25.3 Å². The van der Waals surface area contributed by atoms with Gasteiger partial charge in [-0.2, -0.15) is 0 Å². The summed E-state index contributed by atoms with van der Waals surface area (Å²) in [5.41, 5.74) is 0. The Hall–Kier alpha value is -0.600. The summed E-state index contributed by atoms with van der Waals surface area (Å²) in [5.74, 6) is 0.469. The van der Waals surface area contributed by atoms with Crippen molar-refractivity contribution in [2.24, 2.45) is 5.92 Å². The van der Waals surface area contributed by atoms with Crippen molar-refractivity contribution >= 4 is 0 Å². The van der Waals surface area contributed by atoms with Crippen LogP contribution in [0, 0.1) is 5.92 Å². The zero-order chi connectivity index (χ0) is 12.9. The van der Waals surface area contributed by atoms with E-state index in [1.54, 1.807) is 0 Å². The molecule has 0 N–H and O–H groups in total. The minimum Gasteiger partial charge on any atom is -0.381 e. The molecule has 2 nitrogen and oxygen atoms in total. The van der Waals surface area contributed by atoms with Crippen LogP contribution in [0.25, 0.3) is 0 Å². The van der Waals surface area contributed by atoms with Gasteiger partial charge in [-0.25, -0.2) is 0 Å². The summed E-state index contributed by atoms with van der Waals surface area (Å²) in [7, 11) is 0. The topological polar surface area (TPSA) is 18.5 Å². The Morgan fingerprint density at radius 2 is 1.88 bits per heavy atom. The first-order valence-corrected chi connectivity index (χ1v) is 6.67. The van der Waals surface area contributed by atoms with Crippen LogP contribution in [0.5, 0.6) is 0 Å². The lowest BCUT2D eigenvalue weighted by Gasteiger charge is -2.23. The Bertz CT molecular complexity index is 189. The van der Waals surface area contributed by atoms with E-state index in [9.17, 15) is 0 Å². The second-order valence-electron chi connectivity index (χ2n) is 4.29. The first-order chi connectivity index (χ1) is 8.26. The van der Waals surface area contributed by atoms with Crippen molar-refractivity contribution < 1.29 is 9.47 Å². The smallest absolute Gasteiger partial charge is 0.0597 e. The summed E-state index contributed by atoms with van der Waals surface area (Å²) in [5, 5.41) is 0. The highest BCUT2D eigenvalue weighted by Crippen LogP contribution is 2.16. The molecule has 0 aliphatic heterocycles. The molecule has 0 amide bonds. The molecule has 0 saturated heterocycles. The minimum absolute atomic E-state index is 0.256. The van der Waals surface area contributed by atoms with Gasteiger partial charge in [0.15, 0.2) is 0 Å². The zero-order valence-electron chi connectivity index (χ0n) is 11.5. The standard InChI is InChI=1S/C15H28O2/c1-5-8-10-12-17-14(4)15(11-9-6-2)13-16-7-3/h5-6,14-15H,1-2,7-13H2,3-4H3. The van der Waals surface area contributed by atoms with Gasteiger partial charge < -0.3 is 9.47 Å². The number of ether oxygens (including phenoxy) is 2. The number of hydrogen-bond donors (Lipinski definition) is 0. The largest absolute Gasteiger partial charge is 0.381 e. The Morgan fingerprint density at radius 1 is 1.18 bits per heavy atom. The van der Waals surface area contributed by atoms with Gasteiger partial charge in [-0.05, 0) is 39.5 Å². The van der Waals surface area contributed by atoms with E-state index in [1.807, 2.05) is 19.1 Å². The first kappa shape index (κ1) is 16.4. The summed E-state index contributed by atoms with van der Waals surface area (Å²) in [6.07, 6.45) is 8.34. The third-order valence-corrected chi connectivity index (χ3v) is 2.87. The highest BCUT2D eigenvalue weighted by atomic mass is 16.5. The van der Waals surface area contributed by atoms with Crippen molar-refractivity contribution in [1.82, 2.24) is 0 Å². The van der Waals surface area contributed by atoms with E-state index in [-0.39, 0.29) is 6.10 Å². The van der Waals surface area contributed by atoms with E-state index in [0.717, 1.165) is 45.5 Å². The van der Waals surface area contributed by atoms with E-state index in [1.165, 1.54) is 0 Å². The van der Waals surface area contributed by atoms with Crippen LogP contribution in [0.2, 0.25) is 0 Å². The predicted molar refractivity (Wildman–Crippen MR) is 74.3 cm³/mol. The Kier molecular flexibility index (Phi) is 11.5. The molecular weight excluding hydrogens is 212 g/mol. The molecule has 0 saturated carbocycles. The summed E-state index contributed by atoms with van der Waals surface area (Å²) in [4.78, 5) is 0. The normalized spacial score (nSPS) is 14.2. The third-order valence-electron chi connectivity index (χ3n) is 2.87. The monoisotopic (exact) mass is 240 g/mol. The van der Waals surface area contributed by atoms with Gasteiger partial charge in [0, 0.05) is 19.1 Å². The maximum absolute atomic E-state index is 5.84. The van der Waals surface area contributed by atoms with E-state index >= 15 is 0 Å². The highest BCUT2D eigenvalue weighted by Gasteiger charge is 2.17. The van der Waals surface area contributed by atoms with Gasteiger partial charge in [-0.1, -0.05) is 12.2 Å². The van der Waals surface area contributed by atoms with Gasteiger partial charge in [0.2, 0.25) is 0 Å². The van der Waals surface area contributed by atoms with Crippen LogP contribution >= 0.6 is 0 Å². The molecule has 0 fully saturated rings. The van der Waals surface area contributed by atoms with Gasteiger partial charge in [0.1, 0.15) is 0 Å². The third kappa shape index (κ3) is 9.13. The average Bonchev–Trinajstić information content (AvgIpc) is 2.34. The van der Waals surface area contributed by atoms with Gasteiger partial charge >= 0.3 is 0 Å². The molecule has 2 atom stereocenters. The van der Waals surface area contributed by atoms with Crippen LogP contribution in [-0.2, 0) is 9.47 Å². The zero-order valence-corrected chi connectivity index (χ0v) is 11.5. The van der Waals surface area contributed by atoms with E-state index in [4.69, 9.17) is 9.47 Å². The van der Waals surface area contributed by atoms with E-state index in [2.05, 4.69) is 20.1 Å². The molecule has 0 aliphatic rings. The molecular formula is C15H28O2. The van der Waals surface area contributed by atoms with Crippen LogP contribution in [-0.4, -0.2) is 25.9 Å². The summed E-state index contributed by atoms with van der Waals surface area (Å²) in [6.45, 7) is 14.0. The average molecular weight is 240 g/mol. The van der Waals surface area contributed by atoms with Gasteiger partial charge in [0.05, 0.1) is 12.7 Å². The summed E-state index contributed by atoms with van der Waals surface area (Å²) < 4.78 is 11.3. The lowest BCUT2D eigenvalue weighted by Crippen LogP contribution is -2.25. The molecule has 0 aromatic heterocycles. The predicted octanol–water partition coefficient (Wildman–Crippen LogP) is 3.98.